The van der Waals surface area contributed by atoms with E-state index in [1.807, 2.05) is 0 Å². The number of hydrogen-bond acceptors (Lipinski definition) is 7. The lowest BCUT2D eigenvalue weighted by molar-refractivity contribution is 0.415. The smallest absolute Gasteiger partial charge is 0.184 e. The maximum absolute atomic E-state index is 11.2. The van der Waals surface area contributed by atoms with E-state index in [9.17, 15) is 8.42 Å². The number of ether oxygens (including phenoxy) is 1. The van der Waals surface area contributed by atoms with Gasteiger partial charge in [-0.05, 0) is 28.6 Å². The number of tetrazole rings is 1. The van der Waals surface area contributed by atoms with Crippen LogP contribution in [0.25, 0.3) is 11.4 Å². The van der Waals surface area contributed by atoms with E-state index in [1.165, 1.54) is 4.68 Å². The summed E-state index contributed by atoms with van der Waals surface area (Å²) < 4.78 is 29.0. The minimum atomic E-state index is -3.09. The van der Waals surface area contributed by atoms with Gasteiger partial charge in [0, 0.05) is 17.5 Å². The predicted molar refractivity (Wildman–Crippen MR) is 73.9 cm³/mol. The van der Waals surface area contributed by atoms with Gasteiger partial charge in [0.05, 0.1) is 19.4 Å². The van der Waals surface area contributed by atoms with Gasteiger partial charge in [0.25, 0.3) is 0 Å². The minimum Gasteiger partial charge on any atom is -0.497 e. The Balaban J connectivity index is 2.37. The Morgan fingerprint density at radius 2 is 2.15 bits per heavy atom. The molecule has 0 unspecified atom stereocenters. The SMILES string of the molecule is COc1ccc(N)c(-c2nnnn2CCS(C)(=O)=O)c1. The van der Waals surface area contributed by atoms with Crippen molar-refractivity contribution in [2.75, 3.05) is 24.9 Å². The molecule has 0 fully saturated rings. The Hall–Kier alpha value is -2.16. The molecule has 20 heavy (non-hydrogen) atoms. The molecule has 1 heterocycles. The van der Waals surface area contributed by atoms with Gasteiger partial charge in [-0.1, -0.05) is 0 Å². The molecule has 0 saturated carbocycles. The lowest BCUT2D eigenvalue weighted by atomic mass is 10.1. The van der Waals surface area contributed by atoms with E-state index < -0.39 is 9.84 Å². The first-order chi connectivity index (χ1) is 9.40. The molecule has 2 rings (SSSR count). The summed E-state index contributed by atoms with van der Waals surface area (Å²) in [7, 11) is -1.55. The quantitative estimate of drug-likeness (QED) is 0.771. The van der Waals surface area contributed by atoms with Crippen molar-refractivity contribution in [3.8, 4) is 17.1 Å². The van der Waals surface area contributed by atoms with Gasteiger partial charge in [-0.2, -0.15) is 0 Å². The fourth-order valence-electron chi connectivity index (χ4n) is 1.66. The number of anilines is 1. The van der Waals surface area contributed by atoms with Gasteiger partial charge in [-0.3, -0.25) is 0 Å². The van der Waals surface area contributed by atoms with Crippen molar-refractivity contribution in [2.45, 2.75) is 6.54 Å². The van der Waals surface area contributed by atoms with Gasteiger partial charge >= 0.3 is 0 Å². The van der Waals surface area contributed by atoms with Crippen LogP contribution in [0.4, 0.5) is 5.69 Å². The summed E-state index contributed by atoms with van der Waals surface area (Å²) in [4.78, 5) is 0. The van der Waals surface area contributed by atoms with Crippen LogP contribution in [0.3, 0.4) is 0 Å². The van der Waals surface area contributed by atoms with Gasteiger partial charge in [-0.15, -0.1) is 5.10 Å². The van der Waals surface area contributed by atoms with Crippen LogP contribution in [0.1, 0.15) is 0 Å². The third-order valence-electron chi connectivity index (χ3n) is 2.71. The molecule has 0 saturated heterocycles. The Labute approximate surface area is 116 Å². The van der Waals surface area contributed by atoms with Crippen molar-refractivity contribution in [3.63, 3.8) is 0 Å². The van der Waals surface area contributed by atoms with Crippen molar-refractivity contribution in [2.24, 2.45) is 0 Å². The van der Waals surface area contributed by atoms with Crippen LogP contribution >= 0.6 is 0 Å². The summed E-state index contributed by atoms with van der Waals surface area (Å²) in [5.41, 5.74) is 6.99. The summed E-state index contributed by atoms with van der Waals surface area (Å²) in [5.74, 6) is 0.978. The molecular formula is C11H15N5O3S. The monoisotopic (exact) mass is 297 g/mol. The molecule has 0 amide bonds. The van der Waals surface area contributed by atoms with Crippen molar-refractivity contribution in [3.05, 3.63) is 18.2 Å². The van der Waals surface area contributed by atoms with Crippen LogP contribution in [-0.2, 0) is 16.4 Å². The molecule has 0 bridgehead atoms. The molecule has 1 aromatic carbocycles. The molecule has 0 atom stereocenters. The number of nitrogens with two attached hydrogens (primary N) is 1. The lowest BCUT2D eigenvalue weighted by Crippen LogP contribution is -2.13. The molecule has 8 nitrogen and oxygen atoms in total. The molecule has 1 aromatic heterocycles. The van der Waals surface area contributed by atoms with E-state index in [-0.39, 0.29) is 12.3 Å². The Morgan fingerprint density at radius 1 is 1.40 bits per heavy atom. The molecule has 0 aliphatic rings. The number of hydrogen-bond donors (Lipinski definition) is 1. The zero-order chi connectivity index (χ0) is 14.8. The highest BCUT2D eigenvalue weighted by atomic mass is 32.2. The molecule has 108 valence electrons. The van der Waals surface area contributed by atoms with Crippen LogP contribution in [0.2, 0.25) is 0 Å². The second kappa shape index (κ2) is 5.45. The molecule has 2 N–H and O–H groups in total. The standard InChI is InChI=1S/C11H15N5O3S/c1-19-8-3-4-10(12)9(7-8)11-13-14-15-16(11)5-6-20(2,17)18/h3-4,7H,5-6,12H2,1-2H3. The second-order valence-corrected chi connectivity index (χ2v) is 6.57. The number of methoxy groups -OCH3 is 1. The van der Waals surface area contributed by atoms with E-state index >= 15 is 0 Å². The van der Waals surface area contributed by atoms with Crippen molar-refractivity contribution in [1.82, 2.24) is 20.2 Å². The normalized spacial score (nSPS) is 11.5. The Bertz CT molecular complexity index is 711. The number of nitrogen functional groups attached to an aromatic ring is 1. The van der Waals surface area contributed by atoms with Crippen LogP contribution in [0.15, 0.2) is 18.2 Å². The first-order valence-corrected chi connectivity index (χ1v) is 7.84. The van der Waals surface area contributed by atoms with Crippen molar-refractivity contribution >= 4 is 15.5 Å². The predicted octanol–water partition coefficient (Wildman–Crippen LogP) is -0.0245. The highest BCUT2D eigenvalue weighted by Crippen LogP contribution is 2.27. The van der Waals surface area contributed by atoms with Gasteiger partial charge in [0.1, 0.15) is 15.6 Å². The zero-order valence-electron chi connectivity index (χ0n) is 11.1. The van der Waals surface area contributed by atoms with Crippen LogP contribution in [0, 0.1) is 0 Å². The summed E-state index contributed by atoms with van der Waals surface area (Å²) in [6.45, 7) is 0.165. The largest absolute Gasteiger partial charge is 0.497 e. The summed E-state index contributed by atoms with van der Waals surface area (Å²) in [6.07, 6.45) is 1.16. The molecule has 0 radical (unpaired) electrons. The maximum Gasteiger partial charge on any atom is 0.184 e. The fraction of sp³-hybridized carbons (Fsp3) is 0.364. The number of aryl methyl sites for hydroxylation is 1. The Morgan fingerprint density at radius 3 is 2.80 bits per heavy atom. The highest BCUT2D eigenvalue weighted by Gasteiger charge is 2.14. The van der Waals surface area contributed by atoms with Gasteiger partial charge in [-0.25, -0.2) is 13.1 Å². The average Bonchev–Trinajstić information content (AvgIpc) is 2.84. The molecular weight excluding hydrogens is 282 g/mol. The first kappa shape index (κ1) is 14.3. The average molecular weight is 297 g/mol. The molecule has 2 aromatic rings. The zero-order valence-corrected chi connectivity index (χ0v) is 12.0. The first-order valence-electron chi connectivity index (χ1n) is 5.78. The molecule has 0 spiro atoms. The van der Waals surface area contributed by atoms with E-state index in [4.69, 9.17) is 10.5 Å². The van der Waals surface area contributed by atoms with Crippen molar-refractivity contribution in [1.29, 1.82) is 0 Å². The van der Waals surface area contributed by atoms with E-state index in [0.717, 1.165) is 6.26 Å². The number of rotatable bonds is 5. The number of aromatic nitrogens is 4. The van der Waals surface area contributed by atoms with Gasteiger partial charge < -0.3 is 10.5 Å². The maximum atomic E-state index is 11.2. The van der Waals surface area contributed by atoms with Gasteiger partial charge in [0.15, 0.2) is 5.82 Å². The number of benzene rings is 1. The highest BCUT2D eigenvalue weighted by molar-refractivity contribution is 7.90. The van der Waals surface area contributed by atoms with E-state index in [1.54, 1.807) is 25.3 Å². The lowest BCUT2D eigenvalue weighted by Gasteiger charge is -2.08. The summed E-state index contributed by atoms with van der Waals surface area (Å²) in [6, 6.07) is 5.12. The summed E-state index contributed by atoms with van der Waals surface area (Å²) >= 11 is 0. The molecule has 0 aliphatic carbocycles. The topological polar surface area (TPSA) is 113 Å². The second-order valence-electron chi connectivity index (χ2n) is 4.31. The number of nitrogens with zero attached hydrogens (tertiary/aromatic N) is 4. The molecule has 0 aliphatic heterocycles. The minimum absolute atomic E-state index is 0.0467. The Kier molecular flexibility index (Phi) is 3.89. The van der Waals surface area contributed by atoms with E-state index in [2.05, 4.69) is 15.5 Å². The van der Waals surface area contributed by atoms with Crippen LogP contribution < -0.4 is 10.5 Å². The van der Waals surface area contributed by atoms with E-state index in [0.29, 0.717) is 22.8 Å². The third kappa shape index (κ3) is 3.23. The van der Waals surface area contributed by atoms with Crippen LogP contribution in [0.5, 0.6) is 5.75 Å². The summed E-state index contributed by atoms with van der Waals surface area (Å²) in [5, 5.41) is 11.2. The van der Waals surface area contributed by atoms with Crippen molar-refractivity contribution < 1.29 is 13.2 Å². The third-order valence-corrected chi connectivity index (χ3v) is 3.63. The van der Waals surface area contributed by atoms with Gasteiger partial charge in [0.2, 0.25) is 0 Å². The fourth-order valence-corrected chi connectivity index (χ4v) is 2.16. The van der Waals surface area contributed by atoms with Crippen LogP contribution in [-0.4, -0.2) is 47.7 Å². The molecule has 9 heteroatoms. The number of sulfone groups is 1.